The van der Waals surface area contributed by atoms with Gasteiger partial charge in [0, 0.05) is 0 Å². The number of hydrogen-bond donors (Lipinski definition) is 0. The van der Waals surface area contributed by atoms with Crippen LogP contribution in [0.5, 0.6) is 0 Å². The molecule has 0 N–H and O–H groups in total. The number of benzene rings is 3. The second-order valence-corrected chi connectivity index (χ2v) is 8.51. The van der Waals surface area contributed by atoms with E-state index in [0.717, 1.165) is 16.7 Å². The van der Waals surface area contributed by atoms with E-state index in [1.807, 2.05) is 91.0 Å². The molecule has 8 heteroatoms. The molecule has 0 aromatic heterocycles. The van der Waals surface area contributed by atoms with Crippen molar-refractivity contribution in [2.75, 3.05) is 6.61 Å². The van der Waals surface area contributed by atoms with Crippen molar-refractivity contribution in [2.45, 2.75) is 45.1 Å². The molecular weight excluding hydrogens is 496 g/mol. The summed E-state index contributed by atoms with van der Waals surface area (Å²) in [5.74, 6) is -1.97. The number of carbonyl (C=O) groups excluding carboxylic acids is 2. The van der Waals surface area contributed by atoms with Crippen LogP contribution in [-0.4, -0.2) is 47.2 Å². The van der Waals surface area contributed by atoms with E-state index in [-0.39, 0.29) is 26.4 Å². The molecule has 0 amide bonds. The highest BCUT2D eigenvalue weighted by Crippen LogP contribution is 2.20. The van der Waals surface area contributed by atoms with E-state index in [1.54, 1.807) is 6.92 Å². The SMILES string of the molecule is C=C[C@@H](OCc1ccccc1)[C@H](OCc1ccccc1)[C@@H](OCc1ccccc1)C(=O)C(=[N+]=[N-])C(=O)OCC. The van der Waals surface area contributed by atoms with Gasteiger partial charge in [0.15, 0.2) is 6.10 Å². The number of carbonyl (C=O) groups is 2. The summed E-state index contributed by atoms with van der Waals surface area (Å²) in [6, 6.07) is 28.1. The number of hydrogen-bond acceptors (Lipinski definition) is 6. The molecule has 3 rings (SSSR count). The summed E-state index contributed by atoms with van der Waals surface area (Å²) in [6.07, 6.45) is -1.78. The number of ketones is 1. The Hall–Kier alpha value is -4.20. The second kappa shape index (κ2) is 15.9. The van der Waals surface area contributed by atoms with Gasteiger partial charge in [0.05, 0.1) is 26.4 Å². The molecule has 3 aromatic rings. The zero-order valence-corrected chi connectivity index (χ0v) is 21.8. The van der Waals surface area contributed by atoms with Crippen molar-refractivity contribution in [3.8, 4) is 0 Å². The Bertz CT molecular complexity index is 1240. The van der Waals surface area contributed by atoms with Crippen LogP contribution in [0.15, 0.2) is 104 Å². The fraction of sp³-hybridized carbons (Fsp3) is 0.258. The van der Waals surface area contributed by atoms with Crippen LogP contribution in [0, 0.1) is 0 Å². The third-order valence-electron chi connectivity index (χ3n) is 5.76. The van der Waals surface area contributed by atoms with Crippen LogP contribution in [-0.2, 0) is 48.4 Å². The maximum Gasteiger partial charge on any atom is 0.444 e. The van der Waals surface area contributed by atoms with Crippen molar-refractivity contribution in [3.05, 3.63) is 126 Å². The fourth-order valence-corrected chi connectivity index (χ4v) is 3.79. The first kappa shape index (κ1) is 29.4. The largest absolute Gasteiger partial charge is 0.457 e. The van der Waals surface area contributed by atoms with Gasteiger partial charge in [-0.3, -0.25) is 4.79 Å². The Morgan fingerprint density at radius 1 is 0.795 bits per heavy atom. The molecule has 0 unspecified atom stereocenters. The van der Waals surface area contributed by atoms with Gasteiger partial charge in [0.1, 0.15) is 12.2 Å². The van der Waals surface area contributed by atoms with Crippen molar-refractivity contribution in [1.29, 1.82) is 0 Å². The van der Waals surface area contributed by atoms with Crippen LogP contribution in [0.4, 0.5) is 0 Å². The number of Topliss-reactive ketones (excluding diaryl/α,β-unsaturated/α-hetero) is 1. The Kier molecular flexibility index (Phi) is 12.0. The van der Waals surface area contributed by atoms with Gasteiger partial charge in [0.25, 0.3) is 5.78 Å². The average Bonchev–Trinajstić information content (AvgIpc) is 2.98. The predicted molar refractivity (Wildman–Crippen MR) is 146 cm³/mol. The summed E-state index contributed by atoms with van der Waals surface area (Å²) in [7, 11) is 0. The minimum absolute atomic E-state index is 0.00984. The van der Waals surface area contributed by atoms with E-state index in [0.29, 0.717) is 0 Å². The normalized spacial score (nSPS) is 12.9. The van der Waals surface area contributed by atoms with Crippen LogP contribution in [0.1, 0.15) is 23.6 Å². The summed E-state index contributed by atoms with van der Waals surface area (Å²) in [4.78, 5) is 29.1. The van der Waals surface area contributed by atoms with E-state index in [2.05, 4.69) is 11.4 Å². The minimum atomic E-state index is -1.40. The second-order valence-electron chi connectivity index (χ2n) is 8.51. The van der Waals surface area contributed by atoms with Gasteiger partial charge in [0.2, 0.25) is 0 Å². The van der Waals surface area contributed by atoms with Crippen molar-refractivity contribution in [1.82, 2.24) is 0 Å². The van der Waals surface area contributed by atoms with Crippen molar-refractivity contribution >= 4 is 17.5 Å². The lowest BCUT2D eigenvalue weighted by atomic mass is 9.99. The molecule has 3 atom stereocenters. The van der Waals surface area contributed by atoms with Crippen molar-refractivity contribution in [3.63, 3.8) is 0 Å². The molecule has 0 heterocycles. The molecule has 0 aliphatic heterocycles. The summed E-state index contributed by atoms with van der Waals surface area (Å²) in [6.45, 7) is 5.82. The first-order valence-corrected chi connectivity index (χ1v) is 12.6. The van der Waals surface area contributed by atoms with Crippen LogP contribution in [0.3, 0.4) is 0 Å². The van der Waals surface area contributed by atoms with Crippen LogP contribution < -0.4 is 0 Å². The molecule has 0 fully saturated rings. The molecule has 3 aromatic carbocycles. The Labute approximate surface area is 228 Å². The number of ether oxygens (including phenoxy) is 4. The third-order valence-corrected chi connectivity index (χ3v) is 5.76. The highest BCUT2D eigenvalue weighted by molar-refractivity contribution is 6.63. The summed E-state index contributed by atoms with van der Waals surface area (Å²) in [5, 5.41) is 0. The molecule has 0 bridgehead atoms. The maximum absolute atomic E-state index is 13.7. The highest BCUT2D eigenvalue weighted by Gasteiger charge is 2.44. The predicted octanol–water partition coefficient (Wildman–Crippen LogP) is 4.73. The minimum Gasteiger partial charge on any atom is -0.457 e. The maximum atomic E-state index is 13.7. The van der Waals surface area contributed by atoms with Crippen LogP contribution in [0.2, 0.25) is 0 Å². The molecule has 8 nitrogen and oxygen atoms in total. The lowest BCUT2D eigenvalue weighted by Crippen LogP contribution is -2.50. The van der Waals surface area contributed by atoms with Crippen molar-refractivity contribution < 1.29 is 33.3 Å². The molecule has 202 valence electrons. The lowest BCUT2D eigenvalue weighted by molar-refractivity contribution is -0.160. The lowest BCUT2D eigenvalue weighted by Gasteiger charge is -2.30. The zero-order valence-electron chi connectivity index (χ0n) is 21.8. The van der Waals surface area contributed by atoms with Gasteiger partial charge in [-0.15, -0.1) is 6.58 Å². The van der Waals surface area contributed by atoms with Crippen molar-refractivity contribution in [2.24, 2.45) is 0 Å². The molecule has 0 saturated carbocycles. The molecule has 0 radical (unpaired) electrons. The van der Waals surface area contributed by atoms with Gasteiger partial charge in [-0.05, 0) is 23.6 Å². The van der Waals surface area contributed by atoms with Gasteiger partial charge in [-0.1, -0.05) is 97.1 Å². The molecule has 0 aliphatic rings. The number of esters is 1. The number of nitrogens with zero attached hydrogens (tertiary/aromatic N) is 2. The molecular formula is C31H32N2O6. The number of rotatable bonds is 16. The fourth-order valence-electron chi connectivity index (χ4n) is 3.79. The average molecular weight is 529 g/mol. The standard InChI is InChI=1S/C31H32N2O6/c1-3-26(37-20-23-14-8-5-9-15-23)29(38-21-24-16-10-6-11-17-24)30(39-22-25-18-12-7-13-19-25)28(34)27(33-32)31(35)36-4-2/h3,5-19,26,29-30H,1,4,20-22H2,2H3/t26-,29+,30+/m1/s1. The smallest absolute Gasteiger partial charge is 0.444 e. The zero-order chi connectivity index (χ0) is 27.9. The van der Waals surface area contributed by atoms with E-state index >= 15 is 0 Å². The Balaban J connectivity index is 1.96. The molecule has 0 aliphatic carbocycles. The van der Waals surface area contributed by atoms with E-state index in [9.17, 15) is 15.1 Å². The van der Waals surface area contributed by atoms with Gasteiger partial charge in [-0.25, -0.2) is 4.79 Å². The van der Waals surface area contributed by atoms with Gasteiger partial charge < -0.3 is 24.5 Å². The Morgan fingerprint density at radius 3 is 1.69 bits per heavy atom. The monoisotopic (exact) mass is 528 g/mol. The molecule has 0 spiro atoms. The van der Waals surface area contributed by atoms with Gasteiger partial charge in [-0.2, -0.15) is 4.79 Å². The quantitative estimate of drug-likeness (QED) is 0.0664. The van der Waals surface area contributed by atoms with E-state index in [1.165, 1.54) is 6.08 Å². The van der Waals surface area contributed by atoms with E-state index in [4.69, 9.17) is 18.9 Å². The van der Waals surface area contributed by atoms with Gasteiger partial charge >= 0.3 is 11.7 Å². The molecule has 39 heavy (non-hydrogen) atoms. The summed E-state index contributed by atoms with van der Waals surface area (Å²) in [5.41, 5.74) is 11.3. The molecule has 0 saturated heterocycles. The first-order chi connectivity index (χ1) is 19.1. The first-order valence-electron chi connectivity index (χ1n) is 12.6. The third kappa shape index (κ3) is 8.95. The highest BCUT2D eigenvalue weighted by atomic mass is 16.6. The van der Waals surface area contributed by atoms with Crippen LogP contribution in [0.25, 0.3) is 5.53 Å². The summed E-state index contributed by atoms with van der Waals surface area (Å²) < 4.78 is 23.4. The topological polar surface area (TPSA) is 107 Å². The van der Waals surface area contributed by atoms with Crippen LogP contribution >= 0.6 is 0 Å². The Morgan fingerprint density at radius 2 is 1.26 bits per heavy atom. The summed E-state index contributed by atoms with van der Waals surface area (Å²) >= 11 is 0. The van der Waals surface area contributed by atoms with E-state index < -0.39 is 35.8 Å².